The van der Waals surface area contributed by atoms with Gasteiger partial charge in [-0.15, -0.1) is 0 Å². The third kappa shape index (κ3) is 3.40. The Bertz CT molecular complexity index is 347. The van der Waals surface area contributed by atoms with Gasteiger partial charge in [-0.05, 0) is 24.1 Å². The van der Waals surface area contributed by atoms with Crippen molar-refractivity contribution in [2.75, 3.05) is 0 Å². The van der Waals surface area contributed by atoms with Gasteiger partial charge in [0.25, 0.3) is 6.47 Å². The first-order valence-corrected chi connectivity index (χ1v) is 4.31. The topological polar surface area (TPSA) is 89.6 Å². The number of nitrogens with two attached hydrogens (primary N) is 1. The average molecular weight is 209 g/mol. The SMILES string of the molecule is N[C@H](Cc1ccc(OC=O)cc1)C(=O)O. The summed E-state index contributed by atoms with van der Waals surface area (Å²) in [5.74, 6) is -0.624. The molecule has 0 aliphatic carbocycles. The molecule has 0 fully saturated rings. The van der Waals surface area contributed by atoms with Crippen molar-refractivity contribution in [2.45, 2.75) is 12.5 Å². The lowest BCUT2D eigenvalue weighted by Crippen LogP contribution is -2.32. The molecule has 1 aromatic rings. The van der Waals surface area contributed by atoms with Gasteiger partial charge in [0.1, 0.15) is 11.8 Å². The zero-order valence-electron chi connectivity index (χ0n) is 7.92. The molecule has 5 nitrogen and oxygen atoms in total. The van der Waals surface area contributed by atoms with Crippen molar-refractivity contribution in [3.8, 4) is 5.75 Å². The van der Waals surface area contributed by atoms with Gasteiger partial charge in [0, 0.05) is 0 Å². The molecule has 0 saturated heterocycles. The molecule has 0 heterocycles. The maximum Gasteiger partial charge on any atom is 0.320 e. The molecule has 3 N–H and O–H groups in total. The van der Waals surface area contributed by atoms with Crippen LogP contribution in [0.5, 0.6) is 5.75 Å². The van der Waals surface area contributed by atoms with Gasteiger partial charge >= 0.3 is 5.97 Å². The molecule has 0 aliphatic rings. The van der Waals surface area contributed by atoms with E-state index in [4.69, 9.17) is 10.8 Å². The van der Waals surface area contributed by atoms with Gasteiger partial charge in [0.05, 0.1) is 0 Å². The molecule has 1 rings (SSSR count). The van der Waals surface area contributed by atoms with E-state index >= 15 is 0 Å². The molecule has 0 saturated carbocycles. The van der Waals surface area contributed by atoms with Crippen molar-refractivity contribution >= 4 is 12.4 Å². The van der Waals surface area contributed by atoms with Crippen molar-refractivity contribution in [3.63, 3.8) is 0 Å². The summed E-state index contributed by atoms with van der Waals surface area (Å²) in [5.41, 5.74) is 6.14. The quantitative estimate of drug-likeness (QED) is 0.675. The van der Waals surface area contributed by atoms with Gasteiger partial charge in [0.2, 0.25) is 0 Å². The summed E-state index contributed by atoms with van der Waals surface area (Å²) >= 11 is 0. The lowest BCUT2D eigenvalue weighted by Gasteiger charge is -2.06. The lowest BCUT2D eigenvalue weighted by atomic mass is 10.1. The van der Waals surface area contributed by atoms with Gasteiger partial charge in [-0.2, -0.15) is 0 Å². The number of benzene rings is 1. The van der Waals surface area contributed by atoms with E-state index in [-0.39, 0.29) is 6.42 Å². The van der Waals surface area contributed by atoms with Crippen LogP contribution in [0, 0.1) is 0 Å². The third-order valence-corrected chi connectivity index (χ3v) is 1.88. The fourth-order valence-corrected chi connectivity index (χ4v) is 1.10. The molecule has 0 bridgehead atoms. The smallest absolute Gasteiger partial charge is 0.320 e. The van der Waals surface area contributed by atoms with Crippen LogP contribution in [0.4, 0.5) is 0 Å². The predicted octanol–water partition coefficient (Wildman–Crippen LogP) is 0.176. The predicted molar refractivity (Wildman–Crippen MR) is 52.4 cm³/mol. The standard InChI is InChI=1S/C10H11NO4/c11-9(10(13)14)5-7-1-3-8(4-2-7)15-6-12/h1-4,6,9H,5,11H2,(H,13,14)/t9-/m1/s1. The van der Waals surface area contributed by atoms with Crippen LogP contribution < -0.4 is 10.5 Å². The summed E-state index contributed by atoms with van der Waals surface area (Å²) < 4.78 is 4.59. The first-order valence-electron chi connectivity index (χ1n) is 4.31. The molecular formula is C10H11NO4. The molecule has 0 aliphatic heterocycles. The zero-order valence-corrected chi connectivity index (χ0v) is 7.92. The van der Waals surface area contributed by atoms with Crippen molar-refractivity contribution in [2.24, 2.45) is 5.73 Å². The average Bonchev–Trinajstić information content (AvgIpc) is 2.21. The Kier molecular flexibility index (Phi) is 3.82. The molecule has 0 unspecified atom stereocenters. The number of carboxylic acid groups (broad SMARTS) is 1. The number of ether oxygens (including phenoxy) is 1. The second kappa shape index (κ2) is 5.11. The van der Waals surface area contributed by atoms with Gasteiger partial charge in [-0.25, -0.2) is 0 Å². The van der Waals surface area contributed by atoms with Crippen LogP contribution in [0.3, 0.4) is 0 Å². The minimum atomic E-state index is -1.04. The Balaban J connectivity index is 2.64. The van der Waals surface area contributed by atoms with Crippen molar-refractivity contribution < 1.29 is 19.4 Å². The number of carboxylic acids is 1. The van der Waals surface area contributed by atoms with Crippen LogP contribution in [-0.4, -0.2) is 23.6 Å². The summed E-state index contributed by atoms with van der Waals surface area (Å²) in [4.78, 5) is 20.5. The Morgan fingerprint density at radius 3 is 2.53 bits per heavy atom. The molecule has 0 aromatic heterocycles. The molecule has 0 spiro atoms. The summed E-state index contributed by atoms with van der Waals surface area (Å²) in [7, 11) is 0. The molecule has 0 amide bonds. The highest BCUT2D eigenvalue weighted by atomic mass is 16.5. The minimum absolute atomic E-state index is 0.247. The molecule has 15 heavy (non-hydrogen) atoms. The zero-order chi connectivity index (χ0) is 11.3. The number of aliphatic carboxylic acids is 1. The minimum Gasteiger partial charge on any atom is -0.480 e. The van der Waals surface area contributed by atoms with Crippen LogP contribution in [-0.2, 0) is 16.0 Å². The summed E-state index contributed by atoms with van der Waals surface area (Å²) in [6, 6.07) is 5.59. The number of hydrogen-bond donors (Lipinski definition) is 2. The first-order chi connectivity index (χ1) is 7.13. The van der Waals surface area contributed by atoms with E-state index < -0.39 is 12.0 Å². The van der Waals surface area contributed by atoms with Gasteiger partial charge in [0.15, 0.2) is 0 Å². The van der Waals surface area contributed by atoms with E-state index in [1.54, 1.807) is 24.3 Å². The van der Waals surface area contributed by atoms with Gasteiger partial charge in [-0.3, -0.25) is 9.59 Å². The largest absolute Gasteiger partial charge is 0.480 e. The molecule has 1 aromatic carbocycles. The molecular weight excluding hydrogens is 198 g/mol. The van der Waals surface area contributed by atoms with Crippen LogP contribution >= 0.6 is 0 Å². The molecule has 0 radical (unpaired) electrons. The fraction of sp³-hybridized carbons (Fsp3) is 0.200. The van der Waals surface area contributed by atoms with Crippen LogP contribution in [0.1, 0.15) is 5.56 Å². The van der Waals surface area contributed by atoms with E-state index in [0.717, 1.165) is 5.56 Å². The highest BCUT2D eigenvalue weighted by Crippen LogP contribution is 2.12. The number of hydrogen-bond acceptors (Lipinski definition) is 4. The lowest BCUT2D eigenvalue weighted by molar-refractivity contribution is -0.138. The fourth-order valence-electron chi connectivity index (χ4n) is 1.10. The Labute approximate surface area is 86.5 Å². The maximum atomic E-state index is 10.5. The second-order valence-corrected chi connectivity index (χ2v) is 3.01. The Hall–Kier alpha value is -1.88. The summed E-state index contributed by atoms with van der Waals surface area (Å²) in [5, 5.41) is 8.59. The van der Waals surface area contributed by atoms with E-state index in [0.29, 0.717) is 12.2 Å². The highest BCUT2D eigenvalue weighted by Gasteiger charge is 2.11. The Morgan fingerprint density at radius 2 is 2.07 bits per heavy atom. The summed E-state index contributed by atoms with van der Waals surface area (Å²) in [6.45, 7) is 0.331. The third-order valence-electron chi connectivity index (χ3n) is 1.88. The van der Waals surface area contributed by atoms with Crippen molar-refractivity contribution in [3.05, 3.63) is 29.8 Å². The van der Waals surface area contributed by atoms with Crippen molar-refractivity contribution in [1.82, 2.24) is 0 Å². The van der Waals surface area contributed by atoms with E-state index in [1.807, 2.05) is 0 Å². The van der Waals surface area contributed by atoms with Crippen LogP contribution in [0.15, 0.2) is 24.3 Å². The number of carbonyl (C=O) groups is 2. The normalized spacial score (nSPS) is 11.8. The summed E-state index contributed by atoms with van der Waals surface area (Å²) in [6.07, 6.45) is 0.247. The van der Waals surface area contributed by atoms with E-state index in [9.17, 15) is 9.59 Å². The number of carbonyl (C=O) groups excluding carboxylic acids is 1. The van der Waals surface area contributed by atoms with Crippen LogP contribution in [0.2, 0.25) is 0 Å². The number of rotatable bonds is 5. The molecule has 80 valence electrons. The van der Waals surface area contributed by atoms with Gasteiger partial charge in [-0.1, -0.05) is 12.1 Å². The van der Waals surface area contributed by atoms with Gasteiger partial charge < -0.3 is 15.6 Å². The Morgan fingerprint density at radius 1 is 1.47 bits per heavy atom. The molecule has 5 heteroatoms. The molecule has 1 atom stereocenters. The van der Waals surface area contributed by atoms with Crippen LogP contribution in [0.25, 0.3) is 0 Å². The van der Waals surface area contributed by atoms with Crippen molar-refractivity contribution in [1.29, 1.82) is 0 Å². The maximum absolute atomic E-state index is 10.5. The first kappa shape index (κ1) is 11.2. The second-order valence-electron chi connectivity index (χ2n) is 3.01. The highest BCUT2D eigenvalue weighted by molar-refractivity contribution is 5.73. The van der Waals surface area contributed by atoms with E-state index in [1.165, 1.54) is 0 Å². The van der Waals surface area contributed by atoms with E-state index in [2.05, 4.69) is 4.74 Å². The monoisotopic (exact) mass is 209 g/mol.